The molecule has 0 atom stereocenters. The van der Waals surface area contributed by atoms with Crippen LogP contribution < -0.4 is 4.74 Å². The summed E-state index contributed by atoms with van der Waals surface area (Å²) in [5.74, 6) is 1.44. The van der Waals surface area contributed by atoms with E-state index in [0.29, 0.717) is 23.7 Å². The van der Waals surface area contributed by atoms with E-state index in [2.05, 4.69) is 9.98 Å². The quantitative estimate of drug-likeness (QED) is 0.423. The van der Waals surface area contributed by atoms with Crippen molar-refractivity contribution in [2.75, 3.05) is 6.61 Å². The third-order valence-corrected chi connectivity index (χ3v) is 2.89. The Balaban J connectivity index is 1.88. The molecule has 6 heteroatoms. The van der Waals surface area contributed by atoms with E-state index in [1.54, 1.807) is 18.4 Å². The van der Waals surface area contributed by atoms with Crippen LogP contribution in [0.5, 0.6) is 5.75 Å². The molecule has 0 aliphatic carbocycles. The van der Waals surface area contributed by atoms with Crippen LogP contribution in [-0.4, -0.2) is 18.8 Å². The van der Waals surface area contributed by atoms with Gasteiger partial charge in [-0.1, -0.05) is 0 Å². The van der Waals surface area contributed by atoms with Crippen molar-refractivity contribution in [3.8, 4) is 5.75 Å². The molecule has 0 amide bonds. The summed E-state index contributed by atoms with van der Waals surface area (Å²) in [6, 6.07) is 8.44. The number of carbonyl (C=O) groups excluding carboxylic acids is 2. The van der Waals surface area contributed by atoms with Crippen molar-refractivity contribution in [3.05, 3.63) is 42.4 Å². The lowest BCUT2D eigenvalue weighted by atomic mass is 10.2. The Morgan fingerprint density at radius 3 is 2.36 bits per heavy atom. The van der Waals surface area contributed by atoms with E-state index in [4.69, 9.17) is 9.15 Å². The smallest absolute Gasteiger partial charge is 0.240 e. The Kier molecular flexibility index (Phi) is 5.88. The van der Waals surface area contributed by atoms with E-state index >= 15 is 0 Å². The number of isocyanates is 2. The van der Waals surface area contributed by atoms with Gasteiger partial charge >= 0.3 is 0 Å². The van der Waals surface area contributed by atoms with Crippen LogP contribution in [0.2, 0.25) is 0 Å². The molecule has 0 bridgehead atoms. The number of aryl methyl sites for hydroxylation is 1. The molecule has 0 unspecified atom stereocenters. The number of ether oxygens (including phenoxy) is 1. The molecule has 6 nitrogen and oxygen atoms in total. The molecule has 2 rings (SSSR count). The lowest BCUT2D eigenvalue weighted by Crippen LogP contribution is -1.98. The van der Waals surface area contributed by atoms with Crippen molar-refractivity contribution >= 4 is 23.5 Å². The van der Waals surface area contributed by atoms with Crippen molar-refractivity contribution < 1.29 is 18.7 Å². The number of unbranched alkanes of at least 4 members (excludes halogenated alkanes) is 1. The third kappa shape index (κ3) is 4.87. The van der Waals surface area contributed by atoms with Crippen molar-refractivity contribution in [3.63, 3.8) is 0 Å². The highest BCUT2D eigenvalue weighted by Gasteiger charge is 2.02. The maximum atomic E-state index is 10.3. The summed E-state index contributed by atoms with van der Waals surface area (Å²) in [5, 5.41) is 0. The van der Waals surface area contributed by atoms with Crippen LogP contribution in [0.1, 0.15) is 18.6 Å². The zero-order valence-electron chi connectivity index (χ0n) is 11.8. The molecule has 0 saturated heterocycles. The predicted molar refractivity (Wildman–Crippen MR) is 79.1 cm³/mol. The summed E-state index contributed by atoms with van der Waals surface area (Å²) >= 11 is 0. The number of hydrogen-bond acceptors (Lipinski definition) is 6. The molecular formula is C16H14N2O4. The van der Waals surface area contributed by atoms with Gasteiger partial charge in [-0.2, -0.15) is 9.98 Å². The molecule has 0 N–H and O–H groups in total. The zero-order chi connectivity index (χ0) is 15.6. The largest absolute Gasteiger partial charge is 0.493 e. The summed E-state index contributed by atoms with van der Waals surface area (Å²) < 4.78 is 10.8. The first-order valence-electron chi connectivity index (χ1n) is 6.78. The Hall–Kier alpha value is -2.94. The standard InChI is InChI=1S/C16H14N2O4/c19-11-17-13-8-14(18-12-20)10-16(9-13)22-6-2-1-4-15-5-3-7-21-15/h3,5,7-10H,1-2,4,6H2. The minimum atomic E-state index is 0.331. The van der Waals surface area contributed by atoms with Crippen LogP contribution in [0.25, 0.3) is 0 Å². The van der Waals surface area contributed by atoms with Gasteiger partial charge in [-0.3, -0.25) is 0 Å². The Labute approximate surface area is 127 Å². The summed E-state index contributed by atoms with van der Waals surface area (Å²) in [4.78, 5) is 27.6. The highest BCUT2D eigenvalue weighted by molar-refractivity contribution is 5.61. The highest BCUT2D eigenvalue weighted by atomic mass is 16.5. The van der Waals surface area contributed by atoms with E-state index in [1.165, 1.54) is 18.2 Å². The first-order chi connectivity index (χ1) is 10.8. The van der Waals surface area contributed by atoms with Crippen LogP contribution in [0, 0.1) is 0 Å². The maximum absolute atomic E-state index is 10.3. The summed E-state index contributed by atoms with van der Waals surface area (Å²) in [7, 11) is 0. The maximum Gasteiger partial charge on any atom is 0.240 e. The molecule has 0 fully saturated rings. The van der Waals surface area contributed by atoms with Crippen molar-refractivity contribution in [2.45, 2.75) is 19.3 Å². The van der Waals surface area contributed by atoms with Crippen molar-refractivity contribution in [1.29, 1.82) is 0 Å². The van der Waals surface area contributed by atoms with Crippen LogP contribution in [0.4, 0.5) is 11.4 Å². The molecule has 0 aliphatic rings. The molecule has 0 radical (unpaired) electrons. The summed E-state index contributed by atoms with van der Waals surface area (Å²) in [6.07, 6.45) is 7.16. The number of benzene rings is 1. The van der Waals surface area contributed by atoms with E-state index in [9.17, 15) is 9.59 Å². The van der Waals surface area contributed by atoms with Crippen molar-refractivity contribution in [2.24, 2.45) is 9.98 Å². The molecule has 2 aromatic rings. The number of hydrogen-bond donors (Lipinski definition) is 0. The number of rotatable bonds is 8. The second kappa shape index (κ2) is 8.37. The molecule has 1 heterocycles. The second-order valence-electron chi connectivity index (χ2n) is 4.48. The molecule has 1 aromatic carbocycles. The minimum Gasteiger partial charge on any atom is -0.493 e. The van der Waals surface area contributed by atoms with Gasteiger partial charge in [-0.15, -0.1) is 0 Å². The molecule has 22 heavy (non-hydrogen) atoms. The van der Waals surface area contributed by atoms with Gasteiger partial charge in [-0.25, -0.2) is 9.59 Å². The average molecular weight is 298 g/mol. The monoisotopic (exact) mass is 298 g/mol. The van der Waals surface area contributed by atoms with Crippen LogP contribution in [0.15, 0.2) is 51.0 Å². The molecule has 0 aliphatic heterocycles. The zero-order valence-corrected chi connectivity index (χ0v) is 11.8. The fourth-order valence-electron chi connectivity index (χ4n) is 1.93. The Morgan fingerprint density at radius 2 is 1.77 bits per heavy atom. The third-order valence-electron chi connectivity index (χ3n) is 2.89. The fraction of sp³-hybridized carbons (Fsp3) is 0.250. The topological polar surface area (TPSA) is 81.2 Å². The van der Waals surface area contributed by atoms with Gasteiger partial charge in [0.15, 0.2) is 0 Å². The van der Waals surface area contributed by atoms with E-state index in [1.807, 2.05) is 12.1 Å². The first-order valence-corrected chi connectivity index (χ1v) is 6.78. The predicted octanol–water partition coefficient (Wildman–Crippen LogP) is 3.62. The first kappa shape index (κ1) is 15.4. The Morgan fingerprint density at radius 1 is 1.05 bits per heavy atom. The summed E-state index contributed by atoms with van der Waals surface area (Å²) in [6.45, 7) is 0.499. The van der Waals surface area contributed by atoms with Crippen LogP contribution in [-0.2, 0) is 16.0 Å². The lowest BCUT2D eigenvalue weighted by molar-refractivity contribution is 0.305. The molecular weight excluding hydrogens is 284 g/mol. The van der Waals surface area contributed by atoms with Gasteiger partial charge < -0.3 is 9.15 Å². The highest BCUT2D eigenvalue weighted by Crippen LogP contribution is 2.28. The van der Waals surface area contributed by atoms with Crippen LogP contribution >= 0.6 is 0 Å². The second-order valence-corrected chi connectivity index (χ2v) is 4.48. The molecule has 0 spiro atoms. The normalized spacial score (nSPS) is 9.64. The lowest BCUT2D eigenvalue weighted by Gasteiger charge is -2.07. The number of furan rings is 1. The Bertz CT molecular complexity index is 661. The fourth-order valence-corrected chi connectivity index (χ4v) is 1.93. The van der Waals surface area contributed by atoms with E-state index < -0.39 is 0 Å². The SMILES string of the molecule is O=C=Nc1cc(N=C=O)cc(OCCCCc2ccco2)c1. The molecule has 112 valence electrons. The van der Waals surface area contributed by atoms with Gasteiger partial charge in [-0.05, 0) is 31.0 Å². The molecule has 1 aromatic heterocycles. The van der Waals surface area contributed by atoms with Gasteiger partial charge in [0.1, 0.15) is 11.5 Å². The summed E-state index contributed by atoms with van der Waals surface area (Å²) in [5.41, 5.74) is 0.661. The molecule has 0 saturated carbocycles. The van der Waals surface area contributed by atoms with Gasteiger partial charge in [0.2, 0.25) is 12.2 Å². The van der Waals surface area contributed by atoms with Gasteiger partial charge in [0.05, 0.1) is 24.2 Å². The number of nitrogens with zero attached hydrogens (tertiary/aromatic N) is 2. The minimum absolute atomic E-state index is 0.331. The average Bonchev–Trinajstić information content (AvgIpc) is 3.01. The van der Waals surface area contributed by atoms with Crippen molar-refractivity contribution in [1.82, 2.24) is 0 Å². The van der Waals surface area contributed by atoms with Gasteiger partial charge in [0, 0.05) is 18.6 Å². The van der Waals surface area contributed by atoms with E-state index in [-0.39, 0.29) is 0 Å². The van der Waals surface area contributed by atoms with Crippen LogP contribution in [0.3, 0.4) is 0 Å². The van der Waals surface area contributed by atoms with E-state index in [0.717, 1.165) is 25.0 Å². The number of aliphatic imine (C=N–C) groups is 2. The van der Waals surface area contributed by atoms with Gasteiger partial charge in [0.25, 0.3) is 0 Å².